The summed E-state index contributed by atoms with van der Waals surface area (Å²) in [5, 5.41) is 1.67. The maximum atomic E-state index is 12.3. The van der Waals surface area contributed by atoms with Crippen LogP contribution in [0.5, 0.6) is 0 Å². The van der Waals surface area contributed by atoms with E-state index in [-0.39, 0.29) is 17.9 Å². The van der Waals surface area contributed by atoms with Crippen molar-refractivity contribution in [3.8, 4) is 0 Å². The van der Waals surface area contributed by atoms with Gasteiger partial charge in [-0.1, -0.05) is 37.6 Å². The number of carbonyl (C=O) groups excluding carboxylic acids is 1. The molecule has 0 N–H and O–H groups in total. The van der Waals surface area contributed by atoms with E-state index in [9.17, 15) is 4.79 Å². The van der Waals surface area contributed by atoms with Crippen molar-refractivity contribution in [2.75, 3.05) is 24.5 Å². The molecule has 5 nitrogen and oxygen atoms in total. The predicted octanol–water partition coefficient (Wildman–Crippen LogP) is 3.48. The number of anilines is 1. The van der Waals surface area contributed by atoms with Gasteiger partial charge in [0.05, 0.1) is 0 Å². The van der Waals surface area contributed by atoms with E-state index in [1.165, 1.54) is 11.5 Å². The standard InChI is InChI=1S/C18H23ClN4OS/c1-12(2)17(24)23-9-8-22(11-13(23)3)18-20-16(21-25-18)10-14-4-6-15(19)7-5-14/h4-7,12-13H,8-11H2,1-3H3. The average molecular weight is 379 g/mol. The molecule has 7 heteroatoms. The van der Waals surface area contributed by atoms with Crippen LogP contribution in [0.25, 0.3) is 0 Å². The molecule has 1 unspecified atom stereocenters. The van der Waals surface area contributed by atoms with Crippen LogP contribution in [0.3, 0.4) is 0 Å². The molecule has 3 rings (SSSR count). The first-order valence-electron chi connectivity index (χ1n) is 8.56. The lowest BCUT2D eigenvalue weighted by molar-refractivity contribution is -0.136. The summed E-state index contributed by atoms with van der Waals surface area (Å²) in [4.78, 5) is 21.2. The Balaban J connectivity index is 1.63. The van der Waals surface area contributed by atoms with Gasteiger partial charge in [-0.2, -0.15) is 4.37 Å². The molecule has 1 aromatic carbocycles. The summed E-state index contributed by atoms with van der Waals surface area (Å²) in [6.45, 7) is 8.35. The lowest BCUT2D eigenvalue weighted by Gasteiger charge is -2.40. The molecule has 2 aromatic rings. The molecule has 2 heterocycles. The van der Waals surface area contributed by atoms with Crippen LogP contribution in [0, 0.1) is 5.92 Å². The minimum Gasteiger partial charge on any atom is -0.343 e. The van der Waals surface area contributed by atoms with E-state index in [4.69, 9.17) is 11.6 Å². The SMILES string of the molecule is CC(C)C(=O)N1CCN(c2nc(Cc3ccc(Cl)cc3)ns2)CC1C. The summed E-state index contributed by atoms with van der Waals surface area (Å²) in [5.74, 6) is 1.10. The van der Waals surface area contributed by atoms with Crippen molar-refractivity contribution < 1.29 is 4.79 Å². The van der Waals surface area contributed by atoms with Gasteiger partial charge >= 0.3 is 0 Å². The van der Waals surface area contributed by atoms with E-state index in [1.54, 1.807) is 0 Å². The summed E-state index contributed by atoms with van der Waals surface area (Å²) in [7, 11) is 0. The first-order chi connectivity index (χ1) is 11.9. The van der Waals surface area contributed by atoms with Gasteiger partial charge in [-0.05, 0) is 24.6 Å². The molecule has 25 heavy (non-hydrogen) atoms. The van der Waals surface area contributed by atoms with Crippen molar-refractivity contribution in [3.63, 3.8) is 0 Å². The third kappa shape index (κ3) is 4.30. The van der Waals surface area contributed by atoms with E-state index in [0.717, 1.165) is 41.2 Å². The number of hydrogen-bond donors (Lipinski definition) is 0. The van der Waals surface area contributed by atoms with E-state index in [0.29, 0.717) is 6.42 Å². The van der Waals surface area contributed by atoms with Crippen molar-refractivity contribution in [3.05, 3.63) is 40.7 Å². The highest BCUT2D eigenvalue weighted by Crippen LogP contribution is 2.23. The maximum Gasteiger partial charge on any atom is 0.225 e. The number of carbonyl (C=O) groups is 1. The van der Waals surface area contributed by atoms with Crippen LogP contribution in [0.2, 0.25) is 5.02 Å². The van der Waals surface area contributed by atoms with Crippen molar-refractivity contribution in [2.45, 2.75) is 33.2 Å². The van der Waals surface area contributed by atoms with Crippen LogP contribution in [0.15, 0.2) is 24.3 Å². The van der Waals surface area contributed by atoms with Crippen LogP contribution in [0.1, 0.15) is 32.2 Å². The van der Waals surface area contributed by atoms with Crippen LogP contribution in [0.4, 0.5) is 5.13 Å². The van der Waals surface area contributed by atoms with Gasteiger partial charge in [0.2, 0.25) is 11.0 Å². The van der Waals surface area contributed by atoms with Crippen molar-refractivity contribution in [1.82, 2.24) is 14.3 Å². The molecule has 1 fully saturated rings. The lowest BCUT2D eigenvalue weighted by Crippen LogP contribution is -2.55. The number of nitrogens with zero attached hydrogens (tertiary/aromatic N) is 4. The molecule has 1 amide bonds. The topological polar surface area (TPSA) is 49.3 Å². The second-order valence-electron chi connectivity index (χ2n) is 6.78. The first-order valence-corrected chi connectivity index (χ1v) is 9.71. The van der Waals surface area contributed by atoms with Gasteiger partial charge in [-0.25, -0.2) is 4.98 Å². The van der Waals surface area contributed by atoms with Crippen LogP contribution in [-0.4, -0.2) is 45.8 Å². The molecule has 0 radical (unpaired) electrons. The summed E-state index contributed by atoms with van der Waals surface area (Å²) in [6.07, 6.45) is 0.703. The number of hydrogen-bond acceptors (Lipinski definition) is 5. The molecule has 1 aromatic heterocycles. The van der Waals surface area contributed by atoms with Crippen LogP contribution in [-0.2, 0) is 11.2 Å². The molecule has 0 aliphatic carbocycles. The molecule has 1 aliphatic rings. The van der Waals surface area contributed by atoms with Crippen LogP contribution < -0.4 is 4.90 Å². The Morgan fingerprint density at radius 2 is 2.04 bits per heavy atom. The fraction of sp³-hybridized carbons (Fsp3) is 0.500. The van der Waals surface area contributed by atoms with Crippen LogP contribution >= 0.6 is 23.1 Å². The van der Waals surface area contributed by atoms with Crippen molar-refractivity contribution in [1.29, 1.82) is 0 Å². The predicted molar refractivity (Wildman–Crippen MR) is 102 cm³/mol. The number of halogens is 1. The van der Waals surface area contributed by atoms with Gasteiger partial charge in [0.25, 0.3) is 0 Å². The summed E-state index contributed by atoms with van der Waals surface area (Å²) in [6, 6.07) is 7.96. The fourth-order valence-electron chi connectivity index (χ4n) is 3.02. The normalized spacial score (nSPS) is 18.0. The quantitative estimate of drug-likeness (QED) is 0.817. The number of rotatable bonds is 4. The molecule has 1 atom stereocenters. The highest BCUT2D eigenvalue weighted by molar-refractivity contribution is 7.09. The van der Waals surface area contributed by atoms with E-state index in [1.807, 2.05) is 43.0 Å². The zero-order valence-electron chi connectivity index (χ0n) is 14.8. The first kappa shape index (κ1) is 18.1. The zero-order chi connectivity index (χ0) is 18.0. The molecule has 134 valence electrons. The Hall–Kier alpha value is -1.66. The number of benzene rings is 1. The van der Waals surface area contributed by atoms with Crippen molar-refractivity contribution in [2.24, 2.45) is 5.92 Å². The summed E-state index contributed by atoms with van der Waals surface area (Å²) >= 11 is 7.36. The zero-order valence-corrected chi connectivity index (χ0v) is 16.3. The van der Waals surface area contributed by atoms with E-state index < -0.39 is 0 Å². The molecule has 1 aliphatic heterocycles. The molecule has 1 saturated heterocycles. The Morgan fingerprint density at radius 3 is 2.68 bits per heavy atom. The highest BCUT2D eigenvalue weighted by Gasteiger charge is 2.29. The van der Waals surface area contributed by atoms with Gasteiger partial charge in [-0.3, -0.25) is 4.79 Å². The fourth-order valence-corrected chi connectivity index (χ4v) is 3.87. The molecular weight excluding hydrogens is 356 g/mol. The van der Waals surface area contributed by atoms with Gasteiger partial charge in [0.1, 0.15) is 5.82 Å². The lowest BCUT2D eigenvalue weighted by atomic mass is 10.1. The molecular formula is C18H23ClN4OS. The smallest absolute Gasteiger partial charge is 0.225 e. The molecule has 0 spiro atoms. The Kier molecular flexibility index (Phi) is 5.59. The second-order valence-corrected chi connectivity index (χ2v) is 7.94. The highest BCUT2D eigenvalue weighted by atomic mass is 35.5. The molecule has 0 bridgehead atoms. The number of amides is 1. The minimum absolute atomic E-state index is 0.0431. The monoisotopic (exact) mass is 378 g/mol. The third-order valence-corrected chi connectivity index (χ3v) is 5.47. The summed E-state index contributed by atoms with van der Waals surface area (Å²) < 4.78 is 4.49. The number of aromatic nitrogens is 2. The van der Waals surface area contributed by atoms with E-state index in [2.05, 4.69) is 21.2 Å². The largest absolute Gasteiger partial charge is 0.343 e. The van der Waals surface area contributed by atoms with E-state index >= 15 is 0 Å². The molecule has 0 saturated carbocycles. The van der Waals surface area contributed by atoms with Gasteiger partial charge in [-0.15, -0.1) is 0 Å². The minimum atomic E-state index is 0.0431. The average Bonchev–Trinajstić information content (AvgIpc) is 3.04. The van der Waals surface area contributed by atoms with Gasteiger partial charge in [0.15, 0.2) is 0 Å². The third-order valence-electron chi connectivity index (χ3n) is 4.41. The maximum absolute atomic E-state index is 12.3. The Labute approximate surface area is 157 Å². The number of piperazine rings is 1. The van der Waals surface area contributed by atoms with Gasteiger partial charge in [0, 0.05) is 54.6 Å². The van der Waals surface area contributed by atoms with Crippen molar-refractivity contribution >= 4 is 34.2 Å². The summed E-state index contributed by atoms with van der Waals surface area (Å²) in [5.41, 5.74) is 1.15. The second kappa shape index (κ2) is 7.70. The Bertz CT molecular complexity index is 731. The Morgan fingerprint density at radius 1 is 1.32 bits per heavy atom. The van der Waals surface area contributed by atoms with Gasteiger partial charge < -0.3 is 9.80 Å².